The highest BCUT2D eigenvalue weighted by Gasteiger charge is 2.33. The summed E-state index contributed by atoms with van der Waals surface area (Å²) < 4.78 is 5.36. The molecule has 0 aromatic heterocycles. The second-order valence-corrected chi connectivity index (χ2v) is 5.19. The van der Waals surface area contributed by atoms with Crippen molar-refractivity contribution in [2.24, 2.45) is 5.92 Å². The van der Waals surface area contributed by atoms with Crippen LogP contribution in [0, 0.1) is 5.92 Å². The maximum absolute atomic E-state index is 11.9. The Balaban J connectivity index is 1.94. The summed E-state index contributed by atoms with van der Waals surface area (Å²) in [7, 11) is 0. The highest BCUT2D eigenvalue weighted by Crippen LogP contribution is 2.24. The van der Waals surface area contributed by atoms with E-state index in [0.717, 1.165) is 6.42 Å². The fraction of sp³-hybridized carbons (Fsp3) is 0.429. The molecule has 0 bridgehead atoms. The van der Waals surface area contributed by atoms with Crippen molar-refractivity contribution in [2.75, 3.05) is 11.9 Å². The first-order valence-corrected chi connectivity index (χ1v) is 6.84. The van der Waals surface area contributed by atoms with Crippen LogP contribution >= 0.6 is 11.6 Å². The third-order valence-corrected chi connectivity index (χ3v) is 3.52. The number of carbonyl (C=O) groups is 2. The maximum Gasteiger partial charge on any atom is 0.309 e. The molecule has 0 radical (unpaired) electrons. The lowest BCUT2D eigenvalue weighted by atomic mass is 9.96. The molecule has 0 spiro atoms. The van der Waals surface area contributed by atoms with Crippen LogP contribution < -0.4 is 5.32 Å². The van der Waals surface area contributed by atoms with E-state index in [1.54, 1.807) is 24.3 Å². The summed E-state index contributed by atoms with van der Waals surface area (Å²) in [6, 6.07) is 6.65. The fourth-order valence-electron chi connectivity index (χ4n) is 2.24. The number of rotatable bonds is 5. The largest absolute Gasteiger partial charge is 0.481 e. The molecule has 1 aliphatic heterocycles. The van der Waals surface area contributed by atoms with E-state index in [1.165, 1.54) is 0 Å². The van der Waals surface area contributed by atoms with Gasteiger partial charge in [-0.05, 0) is 37.1 Å². The van der Waals surface area contributed by atoms with Crippen LogP contribution in [0.25, 0.3) is 0 Å². The SMILES string of the molecule is O=C(C[C@H](C(=O)O)[C@H]1CCCO1)Nc1ccc(Cl)cc1. The van der Waals surface area contributed by atoms with Crippen molar-refractivity contribution in [1.82, 2.24) is 0 Å². The first-order chi connectivity index (χ1) is 9.56. The second-order valence-electron chi connectivity index (χ2n) is 4.76. The van der Waals surface area contributed by atoms with Gasteiger partial charge >= 0.3 is 5.97 Å². The summed E-state index contributed by atoms with van der Waals surface area (Å²) in [6.45, 7) is 0.563. The van der Waals surface area contributed by atoms with Crippen molar-refractivity contribution in [3.63, 3.8) is 0 Å². The molecule has 1 aromatic rings. The van der Waals surface area contributed by atoms with E-state index in [0.29, 0.717) is 23.7 Å². The number of nitrogens with one attached hydrogen (secondary N) is 1. The molecule has 1 aromatic carbocycles. The third-order valence-electron chi connectivity index (χ3n) is 3.26. The minimum atomic E-state index is -0.997. The minimum Gasteiger partial charge on any atom is -0.481 e. The second kappa shape index (κ2) is 6.72. The standard InChI is InChI=1S/C14H16ClNO4/c15-9-3-5-10(6-4-9)16-13(17)8-11(14(18)19)12-2-1-7-20-12/h3-6,11-12H,1-2,7-8H2,(H,16,17)(H,18,19)/t11-,12+/m0/s1. The lowest BCUT2D eigenvalue weighted by Gasteiger charge is -2.18. The van der Waals surface area contributed by atoms with Crippen LogP contribution in [0.1, 0.15) is 19.3 Å². The molecule has 1 aliphatic rings. The summed E-state index contributed by atoms with van der Waals surface area (Å²) >= 11 is 5.75. The highest BCUT2D eigenvalue weighted by atomic mass is 35.5. The van der Waals surface area contributed by atoms with Gasteiger partial charge in [0.25, 0.3) is 0 Å². The molecule has 2 atom stereocenters. The molecule has 0 saturated carbocycles. The fourth-order valence-corrected chi connectivity index (χ4v) is 2.37. The van der Waals surface area contributed by atoms with Crippen molar-refractivity contribution in [2.45, 2.75) is 25.4 Å². The van der Waals surface area contributed by atoms with E-state index < -0.39 is 11.9 Å². The molecule has 0 unspecified atom stereocenters. The minimum absolute atomic E-state index is 0.0946. The van der Waals surface area contributed by atoms with Crippen LogP contribution in [0.15, 0.2) is 24.3 Å². The van der Waals surface area contributed by atoms with Crippen LogP contribution in [-0.2, 0) is 14.3 Å². The predicted octanol–water partition coefficient (Wildman–Crippen LogP) is 2.55. The zero-order valence-corrected chi connectivity index (χ0v) is 11.6. The Morgan fingerprint density at radius 1 is 1.40 bits per heavy atom. The topological polar surface area (TPSA) is 75.6 Å². The van der Waals surface area contributed by atoms with Crippen molar-refractivity contribution in [1.29, 1.82) is 0 Å². The van der Waals surface area contributed by atoms with E-state index in [-0.39, 0.29) is 18.4 Å². The third kappa shape index (κ3) is 3.95. The average molecular weight is 298 g/mol. The van der Waals surface area contributed by atoms with Crippen molar-refractivity contribution in [3.8, 4) is 0 Å². The molecular weight excluding hydrogens is 282 g/mol. The number of carboxylic acids is 1. The van der Waals surface area contributed by atoms with E-state index in [2.05, 4.69) is 5.32 Å². The number of amides is 1. The molecular formula is C14H16ClNO4. The van der Waals surface area contributed by atoms with Gasteiger partial charge in [-0.25, -0.2) is 0 Å². The monoisotopic (exact) mass is 297 g/mol. The quantitative estimate of drug-likeness (QED) is 0.876. The first kappa shape index (κ1) is 14.8. The Morgan fingerprint density at radius 3 is 2.65 bits per heavy atom. The summed E-state index contributed by atoms with van der Waals surface area (Å²) in [4.78, 5) is 23.1. The molecule has 5 nitrogen and oxygen atoms in total. The summed E-state index contributed by atoms with van der Waals surface area (Å²) in [6.07, 6.45) is 1.06. The lowest BCUT2D eigenvalue weighted by molar-refractivity contribution is -0.148. The van der Waals surface area contributed by atoms with Crippen LogP contribution in [0.2, 0.25) is 5.02 Å². The lowest BCUT2D eigenvalue weighted by Crippen LogP contribution is -2.31. The zero-order chi connectivity index (χ0) is 14.5. The van der Waals surface area contributed by atoms with Crippen LogP contribution in [0.5, 0.6) is 0 Å². The first-order valence-electron chi connectivity index (χ1n) is 6.46. The van der Waals surface area contributed by atoms with Crippen LogP contribution in [-0.4, -0.2) is 29.7 Å². The number of carbonyl (C=O) groups excluding carboxylic acids is 1. The number of ether oxygens (including phenoxy) is 1. The van der Waals surface area contributed by atoms with Crippen LogP contribution in [0.3, 0.4) is 0 Å². The average Bonchev–Trinajstić information content (AvgIpc) is 2.92. The van der Waals surface area contributed by atoms with E-state index in [9.17, 15) is 14.7 Å². The van der Waals surface area contributed by atoms with Gasteiger partial charge in [0.05, 0.1) is 12.0 Å². The predicted molar refractivity (Wildman–Crippen MR) is 74.8 cm³/mol. The number of carboxylic acid groups (broad SMARTS) is 1. The molecule has 2 rings (SSSR count). The molecule has 6 heteroatoms. The van der Waals surface area contributed by atoms with Crippen molar-refractivity contribution < 1.29 is 19.4 Å². The van der Waals surface area contributed by atoms with Gasteiger partial charge in [-0.15, -0.1) is 0 Å². The molecule has 1 fully saturated rings. The van der Waals surface area contributed by atoms with Gasteiger partial charge in [-0.2, -0.15) is 0 Å². The number of anilines is 1. The van der Waals surface area contributed by atoms with E-state index >= 15 is 0 Å². The van der Waals surface area contributed by atoms with Crippen molar-refractivity contribution >= 4 is 29.2 Å². The molecule has 0 aliphatic carbocycles. The molecule has 20 heavy (non-hydrogen) atoms. The number of hydrogen-bond acceptors (Lipinski definition) is 3. The van der Waals surface area contributed by atoms with E-state index in [4.69, 9.17) is 16.3 Å². The van der Waals surface area contributed by atoms with E-state index in [1.807, 2.05) is 0 Å². The Labute approximate surface area is 121 Å². The summed E-state index contributed by atoms with van der Waals surface area (Å²) in [5, 5.41) is 12.4. The Bertz CT molecular complexity index is 482. The summed E-state index contributed by atoms with van der Waals surface area (Å²) in [5.74, 6) is -2.14. The summed E-state index contributed by atoms with van der Waals surface area (Å²) in [5.41, 5.74) is 0.593. The molecule has 1 heterocycles. The van der Waals surface area contributed by atoms with Gasteiger partial charge < -0.3 is 15.2 Å². The molecule has 108 valence electrons. The van der Waals surface area contributed by atoms with Crippen LogP contribution in [0.4, 0.5) is 5.69 Å². The maximum atomic E-state index is 11.9. The smallest absolute Gasteiger partial charge is 0.309 e. The van der Waals surface area contributed by atoms with Gasteiger partial charge in [-0.1, -0.05) is 11.6 Å². The number of hydrogen-bond donors (Lipinski definition) is 2. The zero-order valence-electron chi connectivity index (χ0n) is 10.8. The van der Waals surface area contributed by atoms with Gasteiger partial charge in [0.1, 0.15) is 0 Å². The number of aliphatic carboxylic acids is 1. The molecule has 1 amide bonds. The van der Waals surface area contributed by atoms with Gasteiger partial charge in [0.2, 0.25) is 5.91 Å². The number of benzene rings is 1. The van der Waals surface area contributed by atoms with Gasteiger partial charge in [0, 0.05) is 23.7 Å². The molecule has 2 N–H and O–H groups in total. The van der Waals surface area contributed by atoms with Crippen molar-refractivity contribution in [3.05, 3.63) is 29.3 Å². The van der Waals surface area contributed by atoms with Gasteiger partial charge in [-0.3, -0.25) is 9.59 Å². The Hall–Kier alpha value is -1.59. The van der Waals surface area contributed by atoms with Gasteiger partial charge in [0.15, 0.2) is 0 Å². The Morgan fingerprint density at radius 2 is 2.10 bits per heavy atom. The highest BCUT2D eigenvalue weighted by molar-refractivity contribution is 6.30. The molecule has 1 saturated heterocycles. The Kier molecular flexibility index (Phi) is 4.98. The number of halogens is 1. The normalized spacial score (nSPS) is 19.6.